The van der Waals surface area contributed by atoms with Gasteiger partial charge in [-0.2, -0.15) is 0 Å². The molecule has 154 valence electrons. The van der Waals surface area contributed by atoms with E-state index in [2.05, 4.69) is 10.6 Å². The highest BCUT2D eigenvalue weighted by Crippen LogP contribution is 2.10. The van der Waals surface area contributed by atoms with Crippen molar-refractivity contribution >= 4 is 23.4 Å². The van der Waals surface area contributed by atoms with Crippen molar-refractivity contribution < 1.29 is 14.4 Å². The molecule has 2 rings (SSSR count). The maximum atomic E-state index is 12.8. The summed E-state index contributed by atoms with van der Waals surface area (Å²) in [6.45, 7) is 8.08. The summed E-state index contributed by atoms with van der Waals surface area (Å²) in [5.74, 6) is -0.672. The van der Waals surface area contributed by atoms with E-state index in [-0.39, 0.29) is 36.7 Å². The molecule has 0 aliphatic rings. The molecular formula is C23H29N3O3. The Morgan fingerprint density at radius 2 is 1.62 bits per heavy atom. The van der Waals surface area contributed by atoms with Gasteiger partial charge in [0.15, 0.2) is 0 Å². The molecule has 29 heavy (non-hydrogen) atoms. The molecule has 2 aromatic carbocycles. The molecule has 0 aliphatic heterocycles. The number of benzene rings is 2. The Hall–Kier alpha value is -3.15. The molecule has 0 fully saturated rings. The molecule has 2 N–H and O–H groups in total. The van der Waals surface area contributed by atoms with Crippen LogP contribution >= 0.6 is 0 Å². The minimum absolute atomic E-state index is 0.0946. The normalized spacial score (nSPS) is 10.5. The van der Waals surface area contributed by atoms with E-state index in [1.165, 1.54) is 4.90 Å². The predicted octanol–water partition coefficient (Wildman–Crippen LogP) is 3.16. The molecule has 0 radical (unpaired) electrons. The lowest BCUT2D eigenvalue weighted by atomic mass is 10.1. The third-order valence-corrected chi connectivity index (χ3v) is 4.25. The molecule has 0 unspecified atom stereocenters. The Balaban J connectivity index is 1.92. The minimum Gasteiger partial charge on any atom is -0.345 e. The number of aryl methyl sites for hydroxylation is 2. The number of hydrogen-bond donors (Lipinski definition) is 2. The fourth-order valence-corrected chi connectivity index (χ4v) is 2.87. The van der Waals surface area contributed by atoms with Crippen LogP contribution in [-0.4, -0.2) is 42.3 Å². The van der Waals surface area contributed by atoms with E-state index in [4.69, 9.17) is 0 Å². The number of nitrogens with zero attached hydrogens (tertiary/aromatic N) is 1. The van der Waals surface area contributed by atoms with Gasteiger partial charge in [0, 0.05) is 17.8 Å². The molecule has 0 aliphatic carbocycles. The van der Waals surface area contributed by atoms with Crippen LogP contribution in [0.5, 0.6) is 0 Å². The van der Waals surface area contributed by atoms with Gasteiger partial charge in [-0.25, -0.2) is 0 Å². The second-order valence-electron chi connectivity index (χ2n) is 7.64. The van der Waals surface area contributed by atoms with Crippen molar-refractivity contribution in [3.8, 4) is 0 Å². The molecule has 6 nitrogen and oxygen atoms in total. The summed E-state index contributed by atoms with van der Waals surface area (Å²) >= 11 is 0. The van der Waals surface area contributed by atoms with Gasteiger partial charge >= 0.3 is 0 Å². The fraction of sp³-hybridized carbons (Fsp3) is 0.348. The lowest BCUT2D eigenvalue weighted by molar-refractivity contribution is -0.124. The summed E-state index contributed by atoms with van der Waals surface area (Å²) < 4.78 is 0. The van der Waals surface area contributed by atoms with Gasteiger partial charge in [-0.3, -0.25) is 14.4 Å². The third-order valence-electron chi connectivity index (χ3n) is 4.25. The smallest absolute Gasteiger partial charge is 0.254 e. The quantitative estimate of drug-likeness (QED) is 0.721. The van der Waals surface area contributed by atoms with Gasteiger partial charge < -0.3 is 15.5 Å². The molecule has 0 atom stereocenters. The number of rotatable bonds is 8. The van der Waals surface area contributed by atoms with Crippen molar-refractivity contribution in [3.05, 3.63) is 65.2 Å². The van der Waals surface area contributed by atoms with E-state index < -0.39 is 0 Å². The average Bonchev–Trinajstić information content (AvgIpc) is 2.65. The van der Waals surface area contributed by atoms with Gasteiger partial charge in [0.2, 0.25) is 11.8 Å². The van der Waals surface area contributed by atoms with Crippen LogP contribution in [0.3, 0.4) is 0 Å². The van der Waals surface area contributed by atoms with Gasteiger partial charge in [-0.1, -0.05) is 43.7 Å². The lowest BCUT2D eigenvalue weighted by Gasteiger charge is -2.24. The first-order valence-corrected chi connectivity index (χ1v) is 9.73. The van der Waals surface area contributed by atoms with E-state index in [1.54, 1.807) is 18.2 Å². The van der Waals surface area contributed by atoms with Gasteiger partial charge in [0.1, 0.15) is 0 Å². The molecule has 0 bridgehead atoms. The second-order valence-corrected chi connectivity index (χ2v) is 7.64. The van der Waals surface area contributed by atoms with Crippen molar-refractivity contribution in [1.29, 1.82) is 0 Å². The number of carbonyl (C=O) groups is 3. The van der Waals surface area contributed by atoms with Gasteiger partial charge in [-0.05, 0) is 49.6 Å². The predicted molar refractivity (Wildman–Crippen MR) is 115 cm³/mol. The van der Waals surface area contributed by atoms with Crippen LogP contribution in [0, 0.1) is 19.8 Å². The van der Waals surface area contributed by atoms with Gasteiger partial charge in [0.25, 0.3) is 5.91 Å². The molecule has 6 heteroatoms. The van der Waals surface area contributed by atoms with Crippen LogP contribution in [0.15, 0.2) is 48.5 Å². The SMILES string of the molecule is Cc1ccc(C(=O)N(CC(=O)NCC(=O)Nc2cccc(C)c2)CC(C)C)cc1. The Morgan fingerprint density at radius 3 is 2.24 bits per heavy atom. The van der Waals surface area contributed by atoms with Crippen LogP contribution in [0.4, 0.5) is 5.69 Å². The van der Waals surface area contributed by atoms with E-state index in [9.17, 15) is 14.4 Å². The first kappa shape index (κ1) is 22.1. The number of amides is 3. The zero-order chi connectivity index (χ0) is 21.4. The highest BCUT2D eigenvalue weighted by Gasteiger charge is 2.20. The highest BCUT2D eigenvalue weighted by molar-refractivity contribution is 5.98. The van der Waals surface area contributed by atoms with E-state index in [0.29, 0.717) is 17.8 Å². The first-order valence-electron chi connectivity index (χ1n) is 9.73. The molecule has 0 saturated heterocycles. The third kappa shape index (κ3) is 7.41. The summed E-state index contributed by atoms with van der Waals surface area (Å²) in [5, 5.41) is 5.33. The Kier molecular flexibility index (Phi) is 7.95. The number of nitrogens with one attached hydrogen (secondary N) is 2. The van der Waals surface area contributed by atoms with E-state index in [1.807, 2.05) is 58.0 Å². The summed E-state index contributed by atoms with van der Waals surface area (Å²) in [6, 6.07) is 14.7. The molecule has 0 aromatic heterocycles. The molecule has 0 heterocycles. The standard InChI is InChI=1S/C23H29N3O3/c1-16(2)14-26(23(29)19-10-8-17(3)9-11-19)15-22(28)24-13-21(27)25-20-7-5-6-18(4)12-20/h5-12,16H,13-15H2,1-4H3,(H,24,28)(H,25,27). The van der Waals surface area contributed by atoms with Crippen LogP contribution in [0.1, 0.15) is 35.3 Å². The largest absolute Gasteiger partial charge is 0.345 e. The Morgan fingerprint density at radius 1 is 0.931 bits per heavy atom. The van der Waals surface area contributed by atoms with Crippen LogP contribution in [0.2, 0.25) is 0 Å². The van der Waals surface area contributed by atoms with Crippen LogP contribution in [-0.2, 0) is 9.59 Å². The maximum absolute atomic E-state index is 12.8. The Labute approximate surface area is 172 Å². The van der Waals surface area contributed by atoms with Crippen LogP contribution < -0.4 is 10.6 Å². The van der Waals surface area contributed by atoms with Crippen molar-refractivity contribution in [2.75, 3.05) is 25.0 Å². The van der Waals surface area contributed by atoms with Crippen molar-refractivity contribution in [3.63, 3.8) is 0 Å². The maximum Gasteiger partial charge on any atom is 0.254 e. The lowest BCUT2D eigenvalue weighted by Crippen LogP contribution is -2.44. The summed E-state index contributed by atoms with van der Waals surface area (Å²) in [7, 11) is 0. The Bertz CT molecular complexity index is 860. The monoisotopic (exact) mass is 395 g/mol. The minimum atomic E-state index is -0.370. The van der Waals surface area contributed by atoms with Crippen molar-refractivity contribution in [1.82, 2.24) is 10.2 Å². The molecule has 2 aromatic rings. The number of hydrogen-bond acceptors (Lipinski definition) is 3. The fourth-order valence-electron chi connectivity index (χ4n) is 2.87. The van der Waals surface area contributed by atoms with Crippen molar-refractivity contribution in [2.24, 2.45) is 5.92 Å². The van der Waals surface area contributed by atoms with Crippen molar-refractivity contribution in [2.45, 2.75) is 27.7 Å². The summed E-state index contributed by atoms with van der Waals surface area (Å²) in [5.41, 5.74) is 3.32. The summed E-state index contributed by atoms with van der Waals surface area (Å²) in [6.07, 6.45) is 0. The zero-order valence-corrected chi connectivity index (χ0v) is 17.5. The summed E-state index contributed by atoms with van der Waals surface area (Å²) in [4.78, 5) is 38.7. The second kappa shape index (κ2) is 10.4. The van der Waals surface area contributed by atoms with Crippen LogP contribution in [0.25, 0.3) is 0 Å². The van der Waals surface area contributed by atoms with E-state index in [0.717, 1.165) is 11.1 Å². The van der Waals surface area contributed by atoms with E-state index >= 15 is 0 Å². The number of anilines is 1. The number of carbonyl (C=O) groups excluding carboxylic acids is 3. The average molecular weight is 396 g/mol. The van der Waals surface area contributed by atoms with Gasteiger partial charge in [0.05, 0.1) is 13.1 Å². The first-order chi connectivity index (χ1) is 13.7. The molecule has 3 amide bonds. The molecule has 0 saturated carbocycles. The zero-order valence-electron chi connectivity index (χ0n) is 17.5. The molecular weight excluding hydrogens is 366 g/mol. The van der Waals surface area contributed by atoms with Gasteiger partial charge in [-0.15, -0.1) is 0 Å². The topological polar surface area (TPSA) is 78.5 Å². The molecule has 0 spiro atoms. The highest BCUT2D eigenvalue weighted by atomic mass is 16.2.